The van der Waals surface area contributed by atoms with E-state index in [-0.39, 0.29) is 0 Å². The molecule has 0 heterocycles. The molecule has 0 N–H and O–H groups in total. The van der Waals surface area contributed by atoms with Gasteiger partial charge in [0.25, 0.3) is 0 Å². The average molecular weight is 373 g/mol. The third-order valence-corrected chi connectivity index (χ3v) is 3.68. The van der Waals surface area contributed by atoms with Crippen molar-refractivity contribution in [2.24, 2.45) is 0 Å². The van der Waals surface area contributed by atoms with Crippen molar-refractivity contribution in [1.82, 2.24) is 0 Å². The Balaban J connectivity index is 2.69. The molecule has 21 heavy (non-hydrogen) atoms. The fourth-order valence-electron chi connectivity index (χ4n) is 1.71. The van der Waals surface area contributed by atoms with Crippen LogP contribution in [0.4, 0.5) is 30.7 Å². The number of benzene rings is 2. The van der Waals surface area contributed by atoms with Crippen molar-refractivity contribution in [1.29, 1.82) is 0 Å². The maximum Gasteiger partial charge on any atom is 0.200 e. The fourth-order valence-corrected chi connectivity index (χ4v) is 2.46. The molecule has 0 spiro atoms. The molecule has 0 aliphatic rings. The lowest BCUT2D eigenvalue weighted by Gasteiger charge is -2.15. The van der Waals surface area contributed by atoms with Crippen molar-refractivity contribution in [3.8, 4) is 0 Å². The number of hydrogen-bond acceptors (Lipinski definition) is 0. The van der Waals surface area contributed by atoms with Gasteiger partial charge >= 0.3 is 0 Å². The zero-order valence-electron chi connectivity index (χ0n) is 9.83. The van der Waals surface area contributed by atoms with Crippen LogP contribution in [0.1, 0.15) is 16.0 Å². The van der Waals surface area contributed by atoms with E-state index in [0.717, 1.165) is 6.07 Å². The van der Waals surface area contributed by atoms with Gasteiger partial charge in [0.15, 0.2) is 23.3 Å². The summed E-state index contributed by atoms with van der Waals surface area (Å²) in [6.07, 6.45) is 0. The molecule has 0 amide bonds. The molecule has 2 aromatic carbocycles. The highest BCUT2D eigenvalue weighted by Crippen LogP contribution is 2.38. The fraction of sp³-hybridized carbons (Fsp3) is 0.0769. The van der Waals surface area contributed by atoms with E-state index < -0.39 is 56.7 Å². The van der Waals surface area contributed by atoms with Crippen LogP contribution < -0.4 is 0 Å². The van der Waals surface area contributed by atoms with Crippen LogP contribution in [0.15, 0.2) is 18.2 Å². The van der Waals surface area contributed by atoms with Crippen LogP contribution in [0.25, 0.3) is 0 Å². The largest absolute Gasteiger partial charge is 0.207 e. The molecule has 0 radical (unpaired) electrons. The Morgan fingerprint density at radius 2 is 1.19 bits per heavy atom. The Labute approximate surface area is 122 Å². The van der Waals surface area contributed by atoms with Crippen LogP contribution in [0.5, 0.6) is 0 Å². The Hall–Kier alpha value is -1.57. The number of alkyl halides is 1. The Bertz CT molecular complexity index is 685. The molecule has 112 valence electrons. The standard InChI is InChI=1S/C13H4BrF7/c14-8(5-3-4(15)1-2-6(5)16)7-9(17)11(19)13(21)12(20)10(7)18/h1-3,8H. The Morgan fingerprint density at radius 3 is 1.71 bits per heavy atom. The minimum Gasteiger partial charge on any atom is -0.207 e. The van der Waals surface area contributed by atoms with Crippen LogP contribution in [0.2, 0.25) is 0 Å². The van der Waals surface area contributed by atoms with E-state index in [2.05, 4.69) is 15.9 Å². The summed E-state index contributed by atoms with van der Waals surface area (Å²) < 4.78 is 93.0. The van der Waals surface area contributed by atoms with Gasteiger partial charge in [0.05, 0.1) is 4.83 Å². The van der Waals surface area contributed by atoms with Gasteiger partial charge in [-0.3, -0.25) is 0 Å². The monoisotopic (exact) mass is 372 g/mol. The maximum atomic E-state index is 13.6. The normalized spacial score (nSPS) is 12.6. The summed E-state index contributed by atoms with van der Waals surface area (Å²) in [5, 5.41) is 0. The van der Waals surface area contributed by atoms with Crippen molar-refractivity contribution in [3.05, 3.63) is 70.0 Å². The summed E-state index contributed by atoms with van der Waals surface area (Å²) in [6.45, 7) is 0. The highest BCUT2D eigenvalue weighted by molar-refractivity contribution is 9.09. The highest BCUT2D eigenvalue weighted by atomic mass is 79.9. The number of hydrogen-bond donors (Lipinski definition) is 0. The van der Waals surface area contributed by atoms with Crippen LogP contribution in [-0.2, 0) is 0 Å². The third-order valence-electron chi connectivity index (χ3n) is 2.73. The summed E-state index contributed by atoms with van der Waals surface area (Å²) in [7, 11) is 0. The summed E-state index contributed by atoms with van der Waals surface area (Å²) in [5.41, 5.74) is -1.89. The average Bonchev–Trinajstić information content (AvgIpc) is 2.45. The lowest BCUT2D eigenvalue weighted by atomic mass is 10.0. The van der Waals surface area contributed by atoms with Crippen molar-refractivity contribution in [2.75, 3.05) is 0 Å². The molecule has 2 aromatic rings. The lowest BCUT2D eigenvalue weighted by Crippen LogP contribution is -2.10. The second-order valence-electron chi connectivity index (χ2n) is 4.01. The molecule has 1 atom stereocenters. The van der Waals surface area contributed by atoms with Crippen molar-refractivity contribution in [2.45, 2.75) is 4.83 Å². The highest BCUT2D eigenvalue weighted by Gasteiger charge is 2.31. The topological polar surface area (TPSA) is 0 Å². The lowest BCUT2D eigenvalue weighted by molar-refractivity contribution is 0.371. The first kappa shape index (κ1) is 15.8. The molecular weight excluding hydrogens is 369 g/mol. The SMILES string of the molecule is Fc1ccc(F)c(C(Br)c2c(F)c(F)c(F)c(F)c2F)c1. The Morgan fingerprint density at radius 1 is 0.714 bits per heavy atom. The van der Waals surface area contributed by atoms with Crippen molar-refractivity contribution >= 4 is 15.9 Å². The first-order chi connectivity index (χ1) is 9.75. The summed E-state index contributed by atoms with van der Waals surface area (Å²) in [5.74, 6) is -12.9. The van der Waals surface area contributed by atoms with Gasteiger partial charge in [-0.15, -0.1) is 0 Å². The first-order valence-electron chi connectivity index (χ1n) is 5.36. The van der Waals surface area contributed by atoms with Gasteiger partial charge in [-0.05, 0) is 18.2 Å². The predicted octanol–water partition coefficient (Wildman–Crippen LogP) is 5.14. The van der Waals surface area contributed by atoms with Gasteiger partial charge in [0, 0.05) is 11.1 Å². The summed E-state index contributed by atoms with van der Waals surface area (Å²) in [6, 6.07) is 2.01. The van der Waals surface area contributed by atoms with Gasteiger partial charge in [0.1, 0.15) is 11.6 Å². The van der Waals surface area contributed by atoms with E-state index in [1.54, 1.807) is 0 Å². The van der Waals surface area contributed by atoms with E-state index in [0.29, 0.717) is 12.1 Å². The van der Waals surface area contributed by atoms with Crippen LogP contribution in [-0.4, -0.2) is 0 Å². The predicted molar refractivity (Wildman–Crippen MR) is 63.4 cm³/mol. The van der Waals surface area contributed by atoms with Crippen LogP contribution >= 0.6 is 15.9 Å². The van der Waals surface area contributed by atoms with E-state index in [4.69, 9.17) is 0 Å². The molecule has 8 heteroatoms. The van der Waals surface area contributed by atoms with Gasteiger partial charge in [-0.1, -0.05) is 15.9 Å². The minimum atomic E-state index is -2.33. The molecule has 0 nitrogen and oxygen atoms in total. The van der Waals surface area contributed by atoms with E-state index >= 15 is 0 Å². The summed E-state index contributed by atoms with van der Waals surface area (Å²) in [4.78, 5) is -1.75. The summed E-state index contributed by atoms with van der Waals surface area (Å²) >= 11 is 2.63. The quantitative estimate of drug-likeness (QED) is 0.296. The Kier molecular flexibility index (Phi) is 4.27. The van der Waals surface area contributed by atoms with E-state index in [9.17, 15) is 30.7 Å². The first-order valence-corrected chi connectivity index (χ1v) is 6.27. The maximum absolute atomic E-state index is 13.6. The van der Waals surface area contributed by atoms with Gasteiger partial charge in [-0.25, -0.2) is 30.7 Å². The molecule has 2 rings (SSSR count). The second kappa shape index (κ2) is 5.67. The smallest absolute Gasteiger partial charge is 0.200 e. The third kappa shape index (κ3) is 2.64. The van der Waals surface area contributed by atoms with Crippen molar-refractivity contribution in [3.63, 3.8) is 0 Å². The van der Waals surface area contributed by atoms with Crippen LogP contribution in [0, 0.1) is 40.7 Å². The van der Waals surface area contributed by atoms with Crippen LogP contribution in [0.3, 0.4) is 0 Å². The van der Waals surface area contributed by atoms with Gasteiger partial charge in [0.2, 0.25) is 5.82 Å². The zero-order chi connectivity index (χ0) is 15.9. The van der Waals surface area contributed by atoms with Gasteiger partial charge < -0.3 is 0 Å². The van der Waals surface area contributed by atoms with Gasteiger partial charge in [-0.2, -0.15) is 0 Å². The number of rotatable bonds is 2. The molecule has 1 unspecified atom stereocenters. The molecule has 0 saturated heterocycles. The molecule has 0 aromatic heterocycles. The molecular formula is C13H4BrF7. The molecule has 0 aliphatic heterocycles. The zero-order valence-corrected chi connectivity index (χ0v) is 11.4. The second-order valence-corrected chi connectivity index (χ2v) is 4.93. The molecule has 0 saturated carbocycles. The molecule has 0 fully saturated rings. The van der Waals surface area contributed by atoms with E-state index in [1.165, 1.54) is 0 Å². The molecule has 0 bridgehead atoms. The van der Waals surface area contributed by atoms with Crippen molar-refractivity contribution < 1.29 is 30.7 Å². The van der Waals surface area contributed by atoms with E-state index in [1.807, 2.05) is 0 Å². The number of halogens is 8. The minimum absolute atomic E-state index is 0.590. The molecule has 0 aliphatic carbocycles.